The molecule has 0 fully saturated rings. The standard InChI is InChI=1S/C8H8.C8H12/c1-2-8-6-4-3-5-7-8;1-7(2)5-6-8(3)4/h2-7H,1H2;5-6H,1,3H2,2,4H3. The van der Waals surface area contributed by atoms with Crippen molar-refractivity contribution >= 4 is 6.08 Å². The average Bonchev–Trinajstić information content (AvgIpc) is 2.28. The van der Waals surface area contributed by atoms with Crippen LogP contribution >= 0.6 is 0 Å². The molecule has 1 aromatic carbocycles. The molecule has 0 aliphatic rings. The summed E-state index contributed by atoms with van der Waals surface area (Å²) in [5, 5.41) is 0. The van der Waals surface area contributed by atoms with Crippen molar-refractivity contribution in [1.29, 1.82) is 0 Å². The van der Waals surface area contributed by atoms with Gasteiger partial charge in [0.15, 0.2) is 0 Å². The van der Waals surface area contributed by atoms with Gasteiger partial charge in [-0.25, -0.2) is 0 Å². The van der Waals surface area contributed by atoms with Crippen LogP contribution in [0.15, 0.2) is 73.4 Å². The van der Waals surface area contributed by atoms with Crippen LogP contribution in [0.1, 0.15) is 19.4 Å². The Morgan fingerprint density at radius 3 is 1.62 bits per heavy atom. The smallest absolute Gasteiger partial charge is 0.0263 e. The third kappa shape index (κ3) is 8.76. The fraction of sp³-hybridized carbons (Fsp3) is 0.125. The van der Waals surface area contributed by atoms with E-state index in [4.69, 9.17) is 0 Å². The molecular weight excluding hydrogens is 192 g/mol. The summed E-state index contributed by atoms with van der Waals surface area (Å²) in [5.41, 5.74) is 3.30. The number of hydrogen-bond acceptors (Lipinski definition) is 0. The molecule has 0 N–H and O–H groups in total. The second-order valence-electron chi connectivity index (χ2n) is 3.64. The Balaban J connectivity index is 0.000000281. The van der Waals surface area contributed by atoms with E-state index in [1.807, 2.05) is 62.4 Å². The lowest BCUT2D eigenvalue weighted by Crippen LogP contribution is -1.63. The summed E-state index contributed by atoms with van der Waals surface area (Å²) in [4.78, 5) is 0. The Labute approximate surface area is 99.3 Å². The van der Waals surface area contributed by atoms with Gasteiger partial charge >= 0.3 is 0 Å². The summed E-state index contributed by atoms with van der Waals surface area (Å²) in [5.74, 6) is 0. The van der Waals surface area contributed by atoms with E-state index in [9.17, 15) is 0 Å². The molecule has 84 valence electrons. The molecule has 0 spiro atoms. The molecular formula is C16H20. The Morgan fingerprint density at radius 1 is 0.938 bits per heavy atom. The molecule has 0 saturated heterocycles. The molecule has 0 nitrogen and oxygen atoms in total. The van der Waals surface area contributed by atoms with Gasteiger partial charge in [0.25, 0.3) is 0 Å². The van der Waals surface area contributed by atoms with Crippen LogP contribution in [0.4, 0.5) is 0 Å². The quantitative estimate of drug-likeness (QED) is 0.617. The molecule has 0 bridgehead atoms. The molecule has 1 aromatic rings. The molecule has 0 aliphatic heterocycles. The lowest BCUT2D eigenvalue weighted by atomic mass is 10.2. The first-order chi connectivity index (χ1) is 7.56. The first-order valence-electron chi connectivity index (χ1n) is 5.23. The minimum Gasteiger partial charge on any atom is -0.0985 e. The predicted octanol–water partition coefficient (Wildman–Crippen LogP) is 5.02. The number of hydrogen-bond donors (Lipinski definition) is 0. The zero-order valence-corrected chi connectivity index (χ0v) is 10.2. The third-order valence-corrected chi connectivity index (χ3v) is 1.69. The zero-order valence-electron chi connectivity index (χ0n) is 10.2. The second-order valence-corrected chi connectivity index (χ2v) is 3.64. The largest absolute Gasteiger partial charge is 0.0985 e. The van der Waals surface area contributed by atoms with Gasteiger partial charge in [0.2, 0.25) is 0 Å². The van der Waals surface area contributed by atoms with Crippen molar-refractivity contribution in [2.24, 2.45) is 0 Å². The molecule has 1 rings (SSSR count). The van der Waals surface area contributed by atoms with Gasteiger partial charge in [-0.05, 0) is 19.4 Å². The van der Waals surface area contributed by atoms with E-state index in [1.165, 1.54) is 5.56 Å². The first-order valence-corrected chi connectivity index (χ1v) is 5.23. The van der Waals surface area contributed by atoms with Gasteiger partial charge in [-0.15, -0.1) is 0 Å². The molecule has 0 radical (unpaired) electrons. The van der Waals surface area contributed by atoms with Crippen LogP contribution in [-0.4, -0.2) is 0 Å². The highest BCUT2D eigenvalue weighted by Gasteiger charge is 1.75. The van der Waals surface area contributed by atoms with E-state index in [1.54, 1.807) is 0 Å². The van der Waals surface area contributed by atoms with Crippen molar-refractivity contribution in [3.05, 3.63) is 78.9 Å². The van der Waals surface area contributed by atoms with Gasteiger partial charge in [-0.2, -0.15) is 0 Å². The number of rotatable bonds is 3. The van der Waals surface area contributed by atoms with E-state index < -0.39 is 0 Å². The predicted molar refractivity (Wildman–Crippen MR) is 75.3 cm³/mol. The van der Waals surface area contributed by atoms with E-state index in [0.29, 0.717) is 0 Å². The molecule has 0 atom stereocenters. The second kappa shape index (κ2) is 8.49. The van der Waals surface area contributed by atoms with E-state index in [2.05, 4.69) is 19.7 Å². The Bertz CT molecular complexity index is 350. The molecule has 0 saturated carbocycles. The van der Waals surface area contributed by atoms with Crippen molar-refractivity contribution in [2.75, 3.05) is 0 Å². The normalized spacial score (nSPS) is 9.12. The minimum atomic E-state index is 1.06. The minimum absolute atomic E-state index is 1.06. The van der Waals surface area contributed by atoms with Gasteiger partial charge < -0.3 is 0 Å². The fourth-order valence-electron chi connectivity index (χ4n) is 0.874. The van der Waals surface area contributed by atoms with Crippen LogP contribution in [0.25, 0.3) is 6.08 Å². The van der Waals surface area contributed by atoms with Crippen LogP contribution in [-0.2, 0) is 0 Å². The molecule has 0 heteroatoms. The number of benzene rings is 1. The Kier molecular flexibility index (Phi) is 7.52. The van der Waals surface area contributed by atoms with Crippen LogP contribution in [0.2, 0.25) is 0 Å². The van der Waals surface area contributed by atoms with Gasteiger partial charge in [-0.1, -0.05) is 79.4 Å². The van der Waals surface area contributed by atoms with Crippen LogP contribution in [0.3, 0.4) is 0 Å². The van der Waals surface area contributed by atoms with Crippen molar-refractivity contribution in [2.45, 2.75) is 13.8 Å². The maximum Gasteiger partial charge on any atom is -0.0263 e. The summed E-state index contributed by atoms with van der Waals surface area (Å²) < 4.78 is 0. The highest BCUT2D eigenvalue weighted by atomic mass is 13.8. The van der Waals surface area contributed by atoms with E-state index >= 15 is 0 Å². The molecule has 0 amide bonds. The molecule has 0 aliphatic carbocycles. The van der Waals surface area contributed by atoms with Crippen LogP contribution < -0.4 is 0 Å². The molecule has 0 heterocycles. The SMILES string of the molecule is C=C(C)C=CC(=C)C.C=Cc1ccccc1. The highest BCUT2D eigenvalue weighted by molar-refractivity contribution is 5.45. The van der Waals surface area contributed by atoms with Gasteiger partial charge in [0.1, 0.15) is 0 Å². The highest BCUT2D eigenvalue weighted by Crippen LogP contribution is 1.97. The summed E-state index contributed by atoms with van der Waals surface area (Å²) >= 11 is 0. The van der Waals surface area contributed by atoms with Gasteiger partial charge in [0, 0.05) is 0 Å². The zero-order chi connectivity index (χ0) is 12.4. The Hall–Kier alpha value is -1.82. The maximum absolute atomic E-state index is 3.70. The van der Waals surface area contributed by atoms with Crippen molar-refractivity contribution in [1.82, 2.24) is 0 Å². The molecule has 16 heavy (non-hydrogen) atoms. The fourth-order valence-corrected chi connectivity index (χ4v) is 0.874. The first kappa shape index (κ1) is 14.2. The van der Waals surface area contributed by atoms with Crippen molar-refractivity contribution in [3.8, 4) is 0 Å². The Morgan fingerprint density at radius 2 is 1.38 bits per heavy atom. The van der Waals surface area contributed by atoms with Gasteiger partial charge in [-0.3, -0.25) is 0 Å². The molecule has 0 aromatic heterocycles. The average molecular weight is 212 g/mol. The van der Waals surface area contributed by atoms with Crippen molar-refractivity contribution < 1.29 is 0 Å². The van der Waals surface area contributed by atoms with Crippen molar-refractivity contribution in [3.63, 3.8) is 0 Å². The summed E-state index contributed by atoms with van der Waals surface area (Å²) in [6.45, 7) is 14.9. The topological polar surface area (TPSA) is 0 Å². The van der Waals surface area contributed by atoms with Crippen LogP contribution in [0.5, 0.6) is 0 Å². The lowest BCUT2D eigenvalue weighted by Gasteiger charge is -1.85. The lowest BCUT2D eigenvalue weighted by molar-refractivity contribution is 1.50. The van der Waals surface area contributed by atoms with E-state index in [-0.39, 0.29) is 0 Å². The van der Waals surface area contributed by atoms with Gasteiger partial charge in [0.05, 0.1) is 0 Å². The van der Waals surface area contributed by atoms with Crippen LogP contribution in [0, 0.1) is 0 Å². The third-order valence-electron chi connectivity index (χ3n) is 1.69. The van der Waals surface area contributed by atoms with E-state index in [0.717, 1.165) is 11.1 Å². The summed E-state index contributed by atoms with van der Waals surface area (Å²) in [6, 6.07) is 10.0. The maximum atomic E-state index is 3.70. The number of allylic oxidation sites excluding steroid dienone is 4. The summed E-state index contributed by atoms with van der Waals surface area (Å²) in [6.07, 6.45) is 5.73. The molecule has 0 unspecified atom stereocenters. The monoisotopic (exact) mass is 212 g/mol. The summed E-state index contributed by atoms with van der Waals surface area (Å²) in [7, 11) is 0.